The van der Waals surface area contributed by atoms with Gasteiger partial charge in [0.15, 0.2) is 5.96 Å². The van der Waals surface area contributed by atoms with Crippen LogP contribution in [0.3, 0.4) is 0 Å². The second-order valence-electron chi connectivity index (χ2n) is 7.85. The van der Waals surface area contributed by atoms with Crippen molar-refractivity contribution in [3.8, 4) is 0 Å². The molecule has 2 aliphatic heterocycles. The first kappa shape index (κ1) is 22.6. The van der Waals surface area contributed by atoms with Crippen molar-refractivity contribution in [2.75, 3.05) is 19.6 Å². The molecule has 2 aromatic rings. The van der Waals surface area contributed by atoms with Crippen molar-refractivity contribution in [2.24, 2.45) is 4.99 Å². The Kier molecular flexibility index (Phi) is 8.13. The van der Waals surface area contributed by atoms with Gasteiger partial charge in [0, 0.05) is 39.1 Å². The predicted molar refractivity (Wildman–Crippen MR) is 132 cm³/mol. The van der Waals surface area contributed by atoms with E-state index in [2.05, 4.69) is 65.7 Å². The van der Waals surface area contributed by atoms with E-state index in [-0.39, 0.29) is 29.9 Å². The van der Waals surface area contributed by atoms with Crippen LogP contribution in [0.5, 0.6) is 0 Å². The smallest absolute Gasteiger partial charge is 0.222 e. The molecule has 1 amide bonds. The van der Waals surface area contributed by atoms with E-state index in [4.69, 9.17) is 4.99 Å². The molecule has 1 N–H and O–H groups in total. The normalized spacial score (nSPS) is 16.3. The first-order valence-electron chi connectivity index (χ1n) is 10.7. The molecule has 2 heterocycles. The number of nitrogens with one attached hydrogen (secondary N) is 1. The zero-order chi connectivity index (χ0) is 20.1. The standard InChI is InChI=1S/C24H30N4O.HI/c1-2-25-24(28-15-13-21-6-3-4-7-22(21)18-28)26-16-19-9-11-20(12-10-19)17-27-14-5-8-23(27)29;/h3-4,6-7,9-12H,2,5,8,13-18H2,1H3,(H,25,26);1H. The molecular formula is C24H31IN4O. The quantitative estimate of drug-likeness (QED) is 0.371. The molecule has 2 aromatic carbocycles. The first-order valence-corrected chi connectivity index (χ1v) is 10.7. The molecule has 0 bridgehead atoms. The van der Waals surface area contributed by atoms with Crippen LogP contribution in [-0.4, -0.2) is 41.3 Å². The summed E-state index contributed by atoms with van der Waals surface area (Å²) in [7, 11) is 0. The van der Waals surface area contributed by atoms with Crippen molar-refractivity contribution in [3.05, 3.63) is 70.8 Å². The zero-order valence-electron chi connectivity index (χ0n) is 17.6. The van der Waals surface area contributed by atoms with Crippen LogP contribution in [0.2, 0.25) is 0 Å². The van der Waals surface area contributed by atoms with E-state index in [0.717, 1.165) is 51.5 Å². The zero-order valence-corrected chi connectivity index (χ0v) is 20.0. The number of fused-ring (bicyclic) bond motifs is 1. The lowest BCUT2D eigenvalue weighted by atomic mass is 10.0. The van der Waals surface area contributed by atoms with Crippen LogP contribution < -0.4 is 5.32 Å². The lowest BCUT2D eigenvalue weighted by molar-refractivity contribution is -0.128. The molecule has 0 radical (unpaired) electrons. The van der Waals surface area contributed by atoms with Gasteiger partial charge in [-0.1, -0.05) is 48.5 Å². The first-order chi connectivity index (χ1) is 14.2. The fourth-order valence-electron chi connectivity index (χ4n) is 4.11. The van der Waals surface area contributed by atoms with E-state index >= 15 is 0 Å². The Morgan fingerprint density at radius 3 is 2.43 bits per heavy atom. The van der Waals surface area contributed by atoms with E-state index in [1.807, 2.05) is 4.90 Å². The monoisotopic (exact) mass is 518 g/mol. The summed E-state index contributed by atoms with van der Waals surface area (Å²) in [6.07, 6.45) is 2.74. The molecule has 1 fully saturated rings. The minimum Gasteiger partial charge on any atom is -0.356 e. The van der Waals surface area contributed by atoms with Crippen molar-refractivity contribution in [1.82, 2.24) is 15.1 Å². The number of likely N-dealkylation sites (tertiary alicyclic amines) is 1. The minimum absolute atomic E-state index is 0. The number of amides is 1. The highest BCUT2D eigenvalue weighted by molar-refractivity contribution is 14.0. The average Bonchev–Trinajstić information content (AvgIpc) is 3.16. The number of carbonyl (C=O) groups excluding carboxylic acids is 1. The second-order valence-corrected chi connectivity index (χ2v) is 7.85. The van der Waals surface area contributed by atoms with Gasteiger partial charge >= 0.3 is 0 Å². The summed E-state index contributed by atoms with van der Waals surface area (Å²) < 4.78 is 0. The summed E-state index contributed by atoms with van der Waals surface area (Å²) in [5.41, 5.74) is 5.22. The predicted octanol–water partition coefficient (Wildman–Crippen LogP) is 3.95. The average molecular weight is 518 g/mol. The summed E-state index contributed by atoms with van der Waals surface area (Å²) in [6.45, 7) is 7.13. The SMILES string of the molecule is CCNC(=NCc1ccc(CN2CCCC2=O)cc1)N1CCc2ccccc2C1.I. The van der Waals surface area contributed by atoms with Crippen LogP contribution in [-0.2, 0) is 30.8 Å². The second kappa shape index (κ2) is 10.8. The van der Waals surface area contributed by atoms with Crippen LogP contribution in [0.15, 0.2) is 53.5 Å². The molecule has 0 atom stereocenters. The summed E-state index contributed by atoms with van der Waals surface area (Å²) in [6, 6.07) is 17.2. The Labute approximate surface area is 196 Å². The van der Waals surface area contributed by atoms with E-state index in [0.29, 0.717) is 13.0 Å². The van der Waals surface area contributed by atoms with E-state index in [1.54, 1.807) is 0 Å². The highest BCUT2D eigenvalue weighted by Gasteiger charge is 2.20. The van der Waals surface area contributed by atoms with Crippen LogP contribution >= 0.6 is 24.0 Å². The van der Waals surface area contributed by atoms with Gasteiger partial charge in [-0.25, -0.2) is 4.99 Å². The van der Waals surface area contributed by atoms with Crippen molar-refractivity contribution in [2.45, 2.75) is 45.8 Å². The Bertz CT molecular complexity index is 881. The number of carbonyl (C=O) groups is 1. The summed E-state index contributed by atoms with van der Waals surface area (Å²) in [5, 5.41) is 3.45. The third kappa shape index (κ3) is 5.53. The van der Waals surface area contributed by atoms with Gasteiger partial charge in [-0.3, -0.25) is 4.79 Å². The molecule has 160 valence electrons. The van der Waals surface area contributed by atoms with Gasteiger partial charge in [-0.2, -0.15) is 0 Å². The molecule has 4 rings (SSSR count). The molecule has 0 aliphatic carbocycles. The van der Waals surface area contributed by atoms with Gasteiger partial charge in [0.05, 0.1) is 6.54 Å². The van der Waals surface area contributed by atoms with Crippen molar-refractivity contribution < 1.29 is 4.79 Å². The Morgan fingerprint density at radius 2 is 1.73 bits per heavy atom. The number of rotatable bonds is 5. The number of aliphatic imine (C=N–C) groups is 1. The number of hydrogen-bond acceptors (Lipinski definition) is 2. The van der Waals surface area contributed by atoms with Crippen molar-refractivity contribution >= 4 is 35.8 Å². The fourth-order valence-corrected chi connectivity index (χ4v) is 4.11. The van der Waals surface area contributed by atoms with Gasteiger partial charge in [-0.15, -0.1) is 24.0 Å². The largest absolute Gasteiger partial charge is 0.356 e. The fraction of sp³-hybridized carbons (Fsp3) is 0.417. The van der Waals surface area contributed by atoms with Gasteiger partial charge < -0.3 is 15.1 Å². The Morgan fingerprint density at radius 1 is 1.00 bits per heavy atom. The molecule has 0 spiro atoms. The minimum atomic E-state index is 0. The molecule has 0 saturated carbocycles. The summed E-state index contributed by atoms with van der Waals surface area (Å²) in [4.78, 5) is 21.0. The molecule has 30 heavy (non-hydrogen) atoms. The molecule has 0 unspecified atom stereocenters. The van der Waals surface area contributed by atoms with E-state index in [1.165, 1.54) is 22.3 Å². The Balaban J connectivity index is 0.00000256. The van der Waals surface area contributed by atoms with Crippen LogP contribution in [0.4, 0.5) is 0 Å². The number of benzene rings is 2. The highest BCUT2D eigenvalue weighted by Crippen LogP contribution is 2.19. The maximum absolute atomic E-state index is 11.8. The molecule has 0 aromatic heterocycles. The third-order valence-electron chi connectivity index (χ3n) is 5.74. The number of nitrogens with zero attached hydrogens (tertiary/aromatic N) is 3. The third-order valence-corrected chi connectivity index (χ3v) is 5.74. The molecule has 6 heteroatoms. The van der Waals surface area contributed by atoms with E-state index in [9.17, 15) is 4.79 Å². The molecular weight excluding hydrogens is 487 g/mol. The van der Waals surface area contributed by atoms with Crippen LogP contribution in [0.25, 0.3) is 0 Å². The van der Waals surface area contributed by atoms with Gasteiger partial charge in [-0.05, 0) is 42.0 Å². The lowest BCUT2D eigenvalue weighted by Crippen LogP contribution is -2.44. The molecule has 5 nitrogen and oxygen atoms in total. The van der Waals surface area contributed by atoms with Gasteiger partial charge in [0.1, 0.15) is 0 Å². The summed E-state index contributed by atoms with van der Waals surface area (Å²) >= 11 is 0. The lowest BCUT2D eigenvalue weighted by Gasteiger charge is -2.31. The van der Waals surface area contributed by atoms with Crippen LogP contribution in [0, 0.1) is 0 Å². The maximum Gasteiger partial charge on any atom is 0.222 e. The topological polar surface area (TPSA) is 47.9 Å². The number of guanidine groups is 1. The molecule has 2 aliphatic rings. The summed E-state index contributed by atoms with van der Waals surface area (Å²) in [5.74, 6) is 1.26. The maximum atomic E-state index is 11.8. The van der Waals surface area contributed by atoms with Gasteiger partial charge in [0.2, 0.25) is 5.91 Å². The van der Waals surface area contributed by atoms with Crippen LogP contribution in [0.1, 0.15) is 42.0 Å². The molecule has 1 saturated heterocycles. The van der Waals surface area contributed by atoms with Gasteiger partial charge in [0.25, 0.3) is 0 Å². The van der Waals surface area contributed by atoms with Crippen molar-refractivity contribution in [3.63, 3.8) is 0 Å². The number of hydrogen-bond donors (Lipinski definition) is 1. The van der Waals surface area contributed by atoms with Crippen molar-refractivity contribution in [1.29, 1.82) is 0 Å². The number of halogens is 1. The van der Waals surface area contributed by atoms with E-state index < -0.39 is 0 Å². The Hall–Kier alpha value is -2.09. The highest BCUT2D eigenvalue weighted by atomic mass is 127.